The normalized spacial score (nSPS) is 10.2. The molecule has 5 heteroatoms. The van der Waals surface area contributed by atoms with Crippen LogP contribution >= 0.6 is 0 Å². The summed E-state index contributed by atoms with van der Waals surface area (Å²) in [5.74, 6) is 1.56. The fraction of sp³-hybridized carbons (Fsp3) is 0.562. The van der Waals surface area contributed by atoms with Crippen molar-refractivity contribution in [3.63, 3.8) is 0 Å². The predicted molar refractivity (Wildman–Crippen MR) is 82.0 cm³/mol. The molecule has 0 aromatic heterocycles. The van der Waals surface area contributed by atoms with Gasteiger partial charge in [-0.25, -0.2) is 0 Å². The molecule has 5 nitrogen and oxygen atoms in total. The van der Waals surface area contributed by atoms with Gasteiger partial charge in [0.25, 0.3) is 0 Å². The van der Waals surface area contributed by atoms with Crippen LogP contribution in [0.5, 0.6) is 11.5 Å². The maximum atomic E-state index is 11.2. The highest BCUT2D eigenvalue weighted by molar-refractivity contribution is 5.69. The Kier molecular flexibility index (Phi) is 8.28. The molecule has 118 valence electrons. The number of carbonyl (C=O) groups excluding carboxylic acids is 1. The third kappa shape index (κ3) is 6.49. The van der Waals surface area contributed by atoms with Crippen molar-refractivity contribution in [2.75, 3.05) is 33.9 Å². The second kappa shape index (κ2) is 10.0. The SMILES string of the molecule is CCOC(=O)CCCNCCc1cc(OC)ccc1OC. The molecular formula is C16H25NO4. The summed E-state index contributed by atoms with van der Waals surface area (Å²) < 4.78 is 15.4. The molecular weight excluding hydrogens is 270 g/mol. The number of nitrogens with one attached hydrogen (secondary N) is 1. The fourth-order valence-corrected chi connectivity index (χ4v) is 2.02. The summed E-state index contributed by atoms with van der Waals surface area (Å²) in [6, 6.07) is 5.78. The lowest BCUT2D eigenvalue weighted by Gasteiger charge is -2.11. The van der Waals surface area contributed by atoms with E-state index >= 15 is 0 Å². The van der Waals surface area contributed by atoms with Crippen LogP contribution in [0.15, 0.2) is 18.2 Å². The Hall–Kier alpha value is -1.75. The van der Waals surface area contributed by atoms with Crippen molar-refractivity contribution >= 4 is 5.97 Å². The number of methoxy groups -OCH3 is 2. The molecule has 0 aliphatic rings. The van der Waals surface area contributed by atoms with Crippen LogP contribution in [0, 0.1) is 0 Å². The highest BCUT2D eigenvalue weighted by atomic mass is 16.5. The number of hydrogen-bond acceptors (Lipinski definition) is 5. The molecule has 0 saturated carbocycles. The molecule has 0 fully saturated rings. The molecule has 0 aliphatic heterocycles. The lowest BCUT2D eigenvalue weighted by Crippen LogP contribution is -2.20. The van der Waals surface area contributed by atoms with Crippen molar-refractivity contribution in [2.45, 2.75) is 26.2 Å². The first-order chi connectivity index (χ1) is 10.2. The fourth-order valence-electron chi connectivity index (χ4n) is 2.02. The van der Waals surface area contributed by atoms with Crippen molar-refractivity contribution in [3.05, 3.63) is 23.8 Å². The van der Waals surface area contributed by atoms with E-state index in [1.807, 2.05) is 25.1 Å². The zero-order chi connectivity index (χ0) is 15.5. The summed E-state index contributed by atoms with van der Waals surface area (Å²) in [6.07, 6.45) is 2.09. The smallest absolute Gasteiger partial charge is 0.305 e. The topological polar surface area (TPSA) is 56.8 Å². The summed E-state index contributed by atoms with van der Waals surface area (Å²) in [4.78, 5) is 11.2. The Morgan fingerprint density at radius 3 is 2.67 bits per heavy atom. The standard InChI is InChI=1S/C16H25NO4/c1-4-21-16(18)6-5-10-17-11-9-13-12-14(19-2)7-8-15(13)20-3/h7-8,12,17H,4-6,9-11H2,1-3H3. The van der Waals surface area contributed by atoms with Crippen molar-refractivity contribution in [2.24, 2.45) is 0 Å². The van der Waals surface area contributed by atoms with Crippen LogP contribution in [0.3, 0.4) is 0 Å². The molecule has 0 aliphatic carbocycles. The maximum absolute atomic E-state index is 11.2. The molecule has 1 N–H and O–H groups in total. The van der Waals surface area contributed by atoms with Gasteiger partial charge in [-0.1, -0.05) is 0 Å². The van der Waals surface area contributed by atoms with E-state index in [0.29, 0.717) is 13.0 Å². The number of rotatable bonds is 10. The monoisotopic (exact) mass is 295 g/mol. The molecule has 1 aromatic rings. The minimum Gasteiger partial charge on any atom is -0.497 e. The molecule has 0 bridgehead atoms. The molecule has 21 heavy (non-hydrogen) atoms. The zero-order valence-corrected chi connectivity index (χ0v) is 13.1. The van der Waals surface area contributed by atoms with Gasteiger partial charge in [0.1, 0.15) is 11.5 Å². The maximum Gasteiger partial charge on any atom is 0.305 e. The van der Waals surface area contributed by atoms with E-state index in [0.717, 1.165) is 43.0 Å². The molecule has 1 rings (SSSR count). The number of carbonyl (C=O) groups is 1. The molecule has 0 heterocycles. The lowest BCUT2D eigenvalue weighted by molar-refractivity contribution is -0.143. The van der Waals surface area contributed by atoms with Gasteiger partial charge in [0.2, 0.25) is 0 Å². The van der Waals surface area contributed by atoms with Crippen LogP contribution in [-0.2, 0) is 16.0 Å². The second-order valence-corrected chi connectivity index (χ2v) is 4.59. The molecule has 0 saturated heterocycles. The van der Waals surface area contributed by atoms with Gasteiger partial charge in [-0.15, -0.1) is 0 Å². The Morgan fingerprint density at radius 1 is 1.19 bits per heavy atom. The first kappa shape index (κ1) is 17.3. The van der Waals surface area contributed by atoms with Gasteiger partial charge in [0.05, 0.1) is 20.8 Å². The van der Waals surface area contributed by atoms with Crippen LogP contribution in [-0.4, -0.2) is 39.9 Å². The molecule has 1 aromatic carbocycles. The highest BCUT2D eigenvalue weighted by Gasteiger charge is 2.05. The third-order valence-electron chi connectivity index (χ3n) is 3.10. The minimum atomic E-state index is -0.131. The number of esters is 1. The van der Waals surface area contributed by atoms with Gasteiger partial charge in [-0.3, -0.25) is 4.79 Å². The molecule has 0 atom stereocenters. The van der Waals surface area contributed by atoms with E-state index in [9.17, 15) is 4.79 Å². The highest BCUT2D eigenvalue weighted by Crippen LogP contribution is 2.24. The van der Waals surface area contributed by atoms with Crippen molar-refractivity contribution in [1.82, 2.24) is 5.32 Å². The summed E-state index contributed by atoms with van der Waals surface area (Å²) in [5, 5.41) is 3.32. The van der Waals surface area contributed by atoms with E-state index in [4.69, 9.17) is 14.2 Å². The van der Waals surface area contributed by atoms with Crippen molar-refractivity contribution < 1.29 is 19.0 Å². The summed E-state index contributed by atoms with van der Waals surface area (Å²) >= 11 is 0. The van der Waals surface area contributed by atoms with Crippen LogP contribution in [0.1, 0.15) is 25.3 Å². The van der Waals surface area contributed by atoms with E-state index in [2.05, 4.69) is 5.32 Å². The zero-order valence-electron chi connectivity index (χ0n) is 13.1. The summed E-state index contributed by atoms with van der Waals surface area (Å²) in [5.41, 5.74) is 1.11. The summed E-state index contributed by atoms with van der Waals surface area (Å²) in [7, 11) is 3.32. The average molecular weight is 295 g/mol. The Balaban J connectivity index is 2.27. The van der Waals surface area contributed by atoms with Gasteiger partial charge < -0.3 is 19.5 Å². The third-order valence-corrected chi connectivity index (χ3v) is 3.10. The second-order valence-electron chi connectivity index (χ2n) is 4.59. The first-order valence-corrected chi connectivity index (χ1v) is 7.28. The van der Waals surface area contributed by atoms with E-state index in [1.165, 1.54) is 0 Å². The summed E-state index contributed by atoms with van der Waals surface area (Å²) in [6.45, 7) is 3.89. The Morgan fingerprint density at radius 2 is 2.00 bits per heavy atom. The van der Waals surface area contributed by atoms with Crippen molar-refractivity contribution in [3.8, 4) is 11.5 Å². The Labute approximate surface area is 126 Å². The molecule has 0 amide bonds. The van der Waals surface area contributed by atoms with E-state index < -0.39 is 0 Å². The van der Waals surface area contributed by atoms with Crippen molar-refractivity contribution in [1.29, 1.82) is 0 Å². The van der Waals surface area contributed by atoms with Crippen LogP contribution in [0.25, 0.3) is 0 Å². The number of benzene rings is 1. The predicted octanol–water partition coefficient (Wildman–Crippen LogP) is 2.18. The van der Waals surface area contributed by atoms with Crippen LogP contribution in [0.2, 0.25) is 0 Å². The quantitative estimate of drug-likeness (QED) is 0.529. The van der Waals surface area contributed by atoms with Gasteiger partial charge >= 0.3 is 5.97 Å². The molecule has 0 unspecified atom stereocenters. The van der Waals surface area contributed by atoms with Gasteiger partial charge in [-0.2, -0.15) is 0 Å². The largest absolute Gasteiger partial charge is 0.497 e. The van der Waals surface area contributed by atoms with Gasteiger partial charge in [0, 0.05) is 6.42 Å². The molecule has 0 spiro atoms. The van der Waals surface area contributed by atoms with Gasteiger partial charge in [-0.05, 0) is 56.6 Å². The van der Waals surface area contributed by atoms with E-state index in [1.54, 1.807) is 14.2 Å². The van der Waals surface area contributed by atoms with Crippen LogP contribution < -0.4 is 14.8 Å². The first-order valence-electron chi connectivity index (χ1n) is 7.28. The van der Waals surface area contributed by atoms with Crippen LogP contribution in [0.4, 0.5) is 0 Å². The average Bonchev–Trinajstić information content (AvgIpc) is 2.50. The minimum absolute atomic E-state index is 0.131. The lowest BCUT2D eigenvalue weighted by atomic mass is 10.1. The number of hydrogen-bond donors (Lipinski definition) is 1. The Bertz CT molecular complexity index is 434. The van der Waals surface area contributed by atoms with Gasteiger partial charge in [0.15, 0.2) is 0 Å². The van der Waals surface area contributed by atoms with E-state index in [-0.39, 0.29) is 5.97 Å². The number of ether oxygens (including phenoxy) is 3. The molecule has 0 radical (unpaired) electrons.